The molecule has 3 N–H and O–H groups in total. The number of rotatable bonds is 3. The SMILES string of the molecule is COc1ccc(-c2ccc(O)cc2)cc1CN. The van der Waals surface area contributed by atoms with E-state index in [1.54, 1.807) is 19.2 Å². The molecule has 3 nitrogen and oxygen atoms in total. The zero-order valence-corrected chi connectivity index (χ0v) is 9.68. The molecule has 0 spiro atoms. The van der Waals surface area contributed by atoms with Crippen LogP contribution >= 0.6 is 0 Å². The number of phenolic OH excluding ortho intramolecular Hbond substituents is 1. The highest BCUT2D eigenvalue weighted by Gasteiger charge is 2.04. The van der Waals surface area contributed by atoms with Crippen molar-refractivity contribution in [2.45, 2.75) is 6.54 Å². The summed E-state index contributed by atoms with van der Waals surface area (Å²) in [6, 6.07) is 13.0. The van der Waals surface area contributed by atoms with Gasteiger partial charge in [0.05, 0.1) is 7.11 Å². The summed E-state index contributed by atoms with van der Waals surface area (Å²) in [5.74, 6) is 1.07. The van der Waals surface area contributed by atoms with E-state index in [1.165, 1.54) is 0 Å². The lowest BCUT2D eigenvalue weighted by atomic mass is 10.0. The fourth-order valence-electron chi connectivity index (χ4n) is 1.77. The van der Waals surface area contributed by atoms with Crippen LogP contribution in [0.3, 0.4) is 0 Å². The molecule has 0 aliphatic heterocycles. The van der Waals surface area contributed by atoms with Crippen molar-refractivity contribution in [1.29, 1.82) is 0 Å². The lowest BCUT2D eigenvalue weighted by Gasteiger charge is -2.09. The van der Waals surface area contributed by atoms with E-state index in [-0.39, 0.29) is 5.75 Å². The number of hydrogen-bond acceptors (Lipinski definition) is 3. The highest BCUT2D eigenvalue weighted by Crippen LogP contribution is 2.27. The molecule has 0 amide bonds. The minimum atomic E-state index is 0.265. The van der Waals surface area contributed by atoms with Crippen LogP contribution in [-0.2, 0) is 6.54 Å². The third-order valence-corrected chi connectivity index (χ3v) is 2.70. The van der Waals surface area contributed by atoms with Gasteiger partial charge in [-0.25, -0.2) is 0 Å². The van der Waals surface area contributed by atoms with Crippen molar-refractivity contribution >= 4 is 0 Å². The van der Waals surface area contributed by atoms with Crippen molar-refractivity contribution in [3.05, 3.63) is 48.0 Å². The molecule has 0 aliphatic rings. The Morgan fingerprint density at radius 1 is 1.06 bits per heavy atom. The van der Waals surface area contributed by atoms with Crippen LogP contribution < -0.4 is 10.5 Å². The van der Waals surface area contributed by atoms with E-state index in [4.69, 9.17) is 10.5 Å². The molecule has 0 radical (unpaired) electrons. The van der Waals surface area contributed by atoms with Gasteiger partial charge in [-0.3, -0.25) is 0 Å². The van der Waals surface area contributed by atoms with Crippen molar-refractivity contribution in [2.75, 3.05) is 7.11 Å². The zero-order valence-electron chi connectivity index (χ0n) is 9.68. The van der Waals surface area contributed by atoms with E-state index in [9.17, 15) is 5.11 Å². The lowest BCUT2D eigenvalue weighted by molar-refractivity contribution is 0.410. The third kappa shape index (κ3) is 2.40. The molecule has 0 saturated carbocycles. The predicted octanol–water partition coefficient (Wildman–Crippen LogP) is 2.53. The van der Waals surface area contributed by atoms with E-state index in [2.05, 4.69) is 0 Å². The van der Waals surface area contributed by atoms with E-state index in [0.29, 0.717) is 6.54 Å². The standard InChI is InChI=1S/C14H15NO2/c1-17-14-7-4-11(8-12(14)9-15)10-2-5-13(16)6-3-10/h2-8,16H,9,15H2,1H3. The molecule has 0 aliphatic carbocycles. The number of aromatic hydroxyl groups is 1. The number of phenols is 1. The molecule has 2 aromatic rings. The minimum Gasteiger partial charge on any atom is -0.508 e. The highest BCUT2D eigenvalue weighted by atomic mass is 16.5. The molecule has 0 heterocycles. The van der Waals surface area contributed by atoms with Crippen LogP contribution in [0.25, 0.3) is 11.1 Å². The van der Waals surface area contributed by atoms with Crippen LogP contribution in [0.4, 0.5) is 0 Å². The van der Waals surface area contributed by atoms with Gasteiger partial charge in [0.1, 0.15) is 11.5 Å². The van der Waals surface area contributed by atoms with Gasteiger partial charge in [0.15, 0.2) is 0 Å². The van der Waals surface area contributed by atoms with Crippen molar-refractivity contribution in [1.82, 2.24) is 0 Å². The number of hydrogen-bond donors (Lipinski definition) is 2. The summed E-state index contributed by atoms with van der Waals surface area (Å²) in [5, 5.41) is 9.25. The molecular weight excluding hydrogens is 214 g/mol. The lowest BCUT2D eigenvalue weighted by Crippen LogP contribution is -1.99. The Hall–Kier alpha value is -2.00. The average Bonchev–Trinajstić information content (AvgIpc) is 2.39. The molecular formula is C14H15NO2. The van der Waals surface area contributed by atoms with E-state index >= 15 is 0 Å². The van der Waals surface area contributed by atoms with Gasteiger partial charge < -0.3 is 15.6 Å². The largest absolute Gasteiger partial charge is 0.508 e. The van der Waals surface area contributed by atoms with Gasteiger partial charge in [-0.15, -0.1) is 0 Å². The van der Waals surface area contributed by atoms with Crippen LogP contribution in [0.15, 0.2) is 42.5 Å². The Morgan fingerprint density at radius 3 is 2.29 bits per heavy atom. The van der Waals surface area contributed by atoms with Crippen molar-refractivity contribution in [2.24, 2.45) is 5.73 Å². The summed E-state index contributed by atoms with van der Waals surface area (Å²) in [4.78, 5) is 0. The zero-order chi connectivity index (χ0) is 12.3. The van der Waals surface area contributed by atoms with E-state index in [1.807, 2.05) is 30.3 Å². The summed E-state index contributed by atoms with van der Waals surface area (Å²) in [7, 11) is 1.63. The van der Waals surface area contributed by atoms with Crippen molar-refractivity contribution in [3.8, 4) is 22.6 Å². The second-order valence-electron chi connectivity index (χ2n) is 3.78. The first-order valence-electron chi connectivity index (χ1n) is 5.41. The molecule has 0 aromatic heterocycles. The summed E-state index contributed by atoms with van der Waals surface area (Å²) in [5.41, 5.74) is 8.75. The van der Waals surface area contributed by atoms with Gasteiger partial charge in [0, 0.05) is 12.1 Å². The Bertz CT molecular complexity index is 506. The topological polar surface area (TPSA) is 55.5 Å². The second-order valence-corrected chi connectivity index (χ2v) is 3.78. The monoisotopic (exact) mass is 229 g/mol. The smallest absolute Gasteiger partial charge is 0.123 e. The number of methoxy groups -OCH3 is 1. The summed E-state index contributed by atoms with van der Waals surface area (Å²) < 4.78 is 5.23. The Morgan fingerprint density at radius 2 is 1.71 bits per heavy atom. The van der Waals surface area contributed by atoms with Crippen LogP contribution in [0.2, 0.25) is 0 Å². The van der Waals surface area contributed by atoms with Crippen LogP contribution in [0.1, 0.15) is 5.56 Å². The Kier molecular flexibility index (Phi) is 3.30. The molecule has 0 unspecified atom stereocenters. The molecule has 3 heteroatoms. The maximum Gasteiger partial charge on any atom is 0.123 e. The van der Waals surface area contributed by atoms with Gasteiger partial charge in [0.25, 0.3) is 0 Å². The normalized spacial score (nSPS) is 10.2. The molecule has 0 atom stereocenters. The molecule has 2 aromatic carbocycles. The third-order valence-electron chi connectivity index (χ3n) is 2.70. The fraction of sp³-hybridized carbons (Fsp3) is 0.143. The Labute approximate surface area is 100 Å². The van der Waals surface area contributed by atoms with Crippen LogP contribution in [0, 0.1) is 0 Å². The average molecular weight is 229 g/mol. The fourth-order valence-corrected chi connectivity index (χ4v) is 1.77. The summed E-state index contributed by atoms with van der Waals surface area (Å²) >= 11 is 0. The second kappa shape index (κ2) is 4.89. The first-order valence-corrected chi connectivity index (χ1v) is 5.41. The first kappa shape index (κ1) is 11.5. The number of benzene rings is 2. The first-order chi connectivity index (χ1) is 8.24. The quantitative estimate of drug-likeness (QED) is 0.850. The molecule has 17 heavy (non-hydrogen) atoms. The van der Waals surface area contributed by atoms with Gasteiger partial charge in [0.2, 0.25) is 0 Å². The van der Waals surface area contributed by atoms with E-state index in [0.717, 1.165) is 22.4 Å². The predicted molar refractivity (Wildman–Crippen MR) is 68.0 cm³/mol. The summed E-state index contributed by atoms with van der Waals surface area (Å²) in [6.07, 6.45) is 0. The van der Waals surface area contributed by atoms with Crippen molar-refractivity contribution in [3.63, 3.8) is 0 Å². The van der Waals surface area contributed by atoms with Crippen LogP contribution in [0.5, 0.6) is 11.5 Å². The minimum absolute atomic E-state index is 0.265. The van der Waals surface area contributed by atoms with Crippen molar-refractivity contribution < 1.29 is 9.84 Å². The number of ether oxygens (including phenoxy) is 1. The Balaban J connectivity index is 2.42. The molecule has 88 valence electrons. The molecule has 0 saturated heterocycles. The molecule has 2 rings (SSSR count). The maximum atomic E-state index is 9.25. The number of nitrogens with two attached hydrogens (primary N) is 1. The van der Waals surface area contributed by atoms with Gasteiger partial charge in [-0.2, -0.15) is 0 Å². The van der Waals surface area contributed by atoms with Gasteiger partial charge >= 0.3 is 0 Å². The van der Waals surface area contributed by atoms with Gasteiger partial charge in [-0.05, 0) is 35.4 Å². The maximum absolute atomic E-state index is 9.25. The van der Waals surface area contributed by atoms with Gasteiger partial charge in [-0.1, -0.05) is 18.2 Å². The van der Waals surface area contributed by atoms with Crippen LogP contribution in [-0.4, -0.2) is 12.2 Å². The molecule has 0 fully saturated rings. The van der Waals surface area contributed by atoms with E-state index < -0.39 is 0 Å². The summed E-state index contributed by atoms with van der Waals surface area (Å²) in [6.45, 7) is 0.440. The molecule has 0 bridgehead atoms. The highest BCUT2D eigenvalue weighted by molar-refractivity contribution is 5.66.